The summed E-state index contributed by atoms with van der Waals surface area (Å²) in [5.41, 5.74) is 0.977. The molecule has 1 aromatic heterocycles. The van der Waals surface area contributed by atoms with Crippen LogP contribution >= 0.6 is 0 Å². The first-order valence-electron chi connectivity index (χ1n) is 7.06. The fraction of sp³-hybridized carbons (Fsp3) is 0.786. The van der Waals surface area contributed by atoms with Crippen molar-refractivity contribution in [2.75, 3.05) is 32.1 Å². The lowest BCUT2D eigenvalue weighted by atomic mass is 10.1. The van der Waals surface area contributed by atoms with Crippen molar-refractivity contribution in [1.82, 2.24) is 15.2 Å². The van der Waals surface area contributed by atoms with Crippen molar-refractivity contribution >= 4 is 6.01 Å². The van der Waals surface area contributed by atoms with Crippen LogP contribution in [0.3, 0.4) is 0 Å². The molecular weight excluding hydrogens is 240 g/mol. The van der Waals surface area contributed by atoms with Crippen molar-refractivity contribution in [3.8, 4) is 0 Å². The Labute approximate surface area is 116 Å². The fourth-order valence-electron chi connectivity index (χ4n) is 2.61. The summed E-state index contributed by atoms with van der Waals surface area (Å²) >= 11 is 0. The summed E-state index contributed by atoms with van der Waals surface area (Å²) in [5.74, 6) is 0.638. The Hall–Kier alpha value is -1.07. The maximum atomic E-state index is 5.61. The van der Waals surface area contributed by atoms with E-state index in [2.05, 4.69) is 55.0 Å². The van der Waals surface area contributed by atoms with Crippen LogP contribution in [0.4, 0.5) is 6.01 Å². The monoisotopic (exact) mass is 266 g/mol. The Bertz CT molecular complexity index is 402. The largest absolute Gasteiger partial charge is 0.432 e. The van der Waals surface area contributed by atoms with Crippen molar-refractivity contribution in [3.63, 3.8) is 0 Å². The maximum Gasteiger partial charge on any atom is 0.297 e. The van der Waals surface area contributed by atoms with Crippen molar-refractivity contribution < 1.29 is 4.42 Å². The molecule has 2 rings (SSSR count). The highest BCUT2D eigenvalue weighted by atomic mass is 16.4. The summed E-state index contributed by atoms with van der Waals surface area (Å²) in [5, 5.41) is 3.35. The highest BCUT2D eigenvalue weighted by molar-refractivity contribution is 5.30. The summed E-state index contributed by atoms with van der Waals surface area (Å²) in [6.45, 7) is 9.32. The van der Waals surface area contributed by atoms with E-state index in [1.165, 1.54) is 0 Å². The van der Waals surface area contributed by atoms with Gasteiger partial charge >= 0.3 is 0 Å². The molecule has 1 aliphatic rings. The molecule has 1 N–H and O–H groups in total. The minimum Gasteiger partial charge on any atom is -0.432 e. The summed E-state index contributed by atoms with van der Waals surface area (Å²) in [7, 11) is 4.27. The number of hydrogen-bond acceptors (Lipinski definition) is 5. The van der Waals surface area contributed by atoms with Gasteiger partial charge in [-0.25, -0.2) is 0 Å². The summed E-state index contributed by atoms with van der Waals surface area (Å²) in [6.07, 6.45) is 1.76. The summed E-state index contributed by atoms with van der Waals surface area (Å²) in [4.78, 5) is 9.10. The van der Waals surface area contributed by atoms with E-state index < -0.39 is 0 Å². The molecule has 0 bridgehead atoms. The van der Waals surface area contributed by atoms with E-state index in [1.807, 2.05) is 0 Å². The van der Waals surface area contributed by atoms with Gasteiger partial charge in [-0.1, -0.05) is 20.8 Å². The summed E-state index contributed by atoms with van der Waals surface area (Å²) in [6, 6.07) is 1.80. The molecule has 108 valence electrons. The smallest absolute Gasteiger partial charge is 0.297 e. The number of likely N-dealkylation sites (N-methyl/N-ethyl adjacent to an activating group) is 1. The van der Waals surface area contributed by atoms with Gasteiger partial charge in [0.25, 0.3) is 6.01 Å². The van der Waals surface area contributed by atoms with Gasteiger partial charge in [0, 0.05) is 31.7 Å². The number of aromatic nitrogens is 1. The van der Waals surface area contributed by atoms with E-state index in [-0.39, 0.29) is 0 Å². The van der Waals surface area contributed by atoms with Crippen LogP contribution in [0.15, 0.2) is 10.7 Å². The molecule has 5 heteroatoms. The van der Waals surface area contributed by atoms with Gasteiger partial charge in [-0.3, -0.25) is 0 Å². The Morgan fingerprint density at radius 2 is 2.21 bits per heavy atom. The van der Waals surface area contributed by atoms with Crippen LogP contribution in [0.2, 0.25) is 0 Å². The number of anilines is 1. The van der Waals surface area contributed by atoms with Gasteiger partial charge in [-0.05, 0) is 20.0 Å². The fourth-order valence-corrected chi connectivity index (χ4v) is 2.61. The van der Waals surface area contributed by atoms with Gasteiger partial charge in [-0.15, -0.1) is 0 Å². The van der Waals surface area contributed by atoms with Crippen molar-refractivity contribution in [3.05, 3.63) is 12.0 Å². The van der Waals surface area contributed by atoms with Crippen LogP contribution in [0, 0.1) is 5.92 Å². The molecule has 0 saturated carbocycles. The Morgan fingerprint density at radius 1 is 1.47 bits per heavy atom. The molecule has 0 radical (unpaired) electrons. The lowest BCUT2D eigenvalue weighted by molar-refractivity contribution is 0.266. The van der Waals surface area contributed by atoms with Crippen LogP contribution in [0.25, 0.3) is 0 Å². The molecule has 1 aliphatic heterocycles. The van der Waals surface area contributed by atoms with Crippen LogP contribution in [0.1, 0.15) is 26.5 Å². The maximum absolute atomic E-state index is 5.61. The molecule has 2 atom stereocenters. The molecule has 19 heavy (non-hydrogen) atoms. The van der Waals surface area contributed by atoms with E-state index in [9.17, 15) is 0 Å². The van der Waals surface area contributed by atoms with Gasteiger partial charge in [0.1, 0.15) is 6.26 Å². The second kappa shape index (κ2) is 5.92. The highest BCUT2D eigenvalue weighted by Crippen LogP contribution is 2.25. The molecule has 1 fully saturated rings. The third kappa shape index (κ3) is 3.48. The second-order valence-corrected chi connectivity index (χ2v) is 6.07. The molecule has 1 aromatic rings. The number of nitrogens with one attached hydrogen (secondary N) is 1. The van der Waals surface area contributed by atoms with E-state index in [4.69, 9.17) is 4.42 Å². The van der Waals surface area contributed by atoms with Crippen LogP contribution in [0.5, 0.6) is 0 Å². The lowest BCUT2D eigenvalue weighted by Crippen LogP contribution is -2.34. The third-order valence-corrected chi connectivity index (χ3v) is 3.74. The van der Waals surface area contributed by atoms with E-state index in [0.717, 1.165) is 31.3 Å². The minimum absolute atomic E-state index is 0.463. The molecule has 1 saturated heterocycles. The average Bonchev–Trinajstić information content (AvgIpc) is 2.92. The zero-order valence-corrected chi connectivity index (χ0v) is 12.7. The van der Waals surface area contributed by atoms with E-state index in [0.29, 0.717) is 18.0 Å². The molecule has 2 unspecified atom stereocenters. The molecule has 0 spiro atoms. The molecule has 5 nitrogen and oxygen atoms in total. The van der Waals surface area contributed by atoms with E-state index >= 15 is 0 Å². The van der Waals surface area contributed by atoms with Crippen molar-refractivity contribution in [1.29, 1.82) is 0 Å². The molecule has 0 aromatic carbocycles. The topological polar surface area (TPSA) is 44.5 Å². The Morgan fingerprint density at radius 3 is 2.79 bits per heavy atom. The Kier molecular flexibility index (Phi) is 4.47. The van der Waals surface area contributed by atoms with Gasteiger partial charge in [0.15, 0.2) is 0 Å². The van der Waals surface area contributed by atoms with E-state index in [1.54, 1.807) is 6.26 Å². The number of hydrogen-bond donors (Lipinski definition) is 1. The lowest BCUT2D eigenvalue weighted by Gasteiger charge is -2.22. The minimum atomic E-state index is 0.463. The standard InChI is InChI=1S/C14H26N4O/c1-10(2)15-6-12-9-19-14(16-12)18-7-11(3)13(8-18)17(4)5/h9-11,13,15H,6-8H2,1-5H3. The third-order valence-electron chi connectivity index (χ3n) is 3.74. The zero-order valence-electron chi connectivity index (χ0n) is 12.7. The molecule has 0 amide bonds. The van der Waals surface area contributed by atoms with Gasteiger partial charge in [0.2, 0.25) is 0 Å². The second-order valence-electron chi connectivity index (χ2n) is 6.07. The Balaban J connectivity index is 1.96. The number of rotatable bonds is 5. The van der Waals surface area contributed by atoms with Gasteiger partial charge in [0.05, 0.1) is 5.69 Å². The normalized spacial score (nSPS) is 23.8. The molecular formula is C14H26N4O. The number of oxazole rings is 1. The zero-order chi connectivity index (χ0) is 14.0. The van der Waals surface area contributed by atoms with Crippen LogP contribution in [-0.4, -0.2) is 49.2 Å². The first kappa shape index (κ1) is 14.3. The molecule has 2 heterocycles. The SMILES string of the molecule is CC(C)NCc1coc(N2CC(C)C(N(C)C)C2)n1. The first-order valence-corrected chi connectivity index (χ1v) is 7.06. The van der Waals surface area contributed by atoms with Gasteiger partial charge in [-0.2, -0.15) is 4.98 Å². The predicted molar refractivity (Wildman–Crippen MR) is 77.3 cm³/mol. The first-order chi connectivity index (χ1) is 8.97. The number of nitrogens with zero attached hydrogens (tertiary/aromatic N) is 3. The van der Waals surface area contributed by atoms with Crippen molar-refractivity contribution in [2.24, 2.45) is 5.92 Å². The average molecular weight is 266 g/mol. The highest BCUT2D eigenvalue weighted by Gasteiger charge is 2.33. The molecule has 0 aliphatic carbocycles. The van der Waals surface area contributed by atoms with Crippen LogP contribution in [-0.2, 0) is 6.54 Å². The predicted octanol–water partition coefficient (Wildman–Crippen LogP) is 1.56. The quantitative estimate of drug-likeness (QED) is 0.876. The summed E-state index contributed by atoms with van der Waals surface area (Å²) < 4.78 is 5.61. The van der Waals surface area contributed by atoms with Crippen LogP contribution < -0.4 is 10.2 Å². The van der Waals surface area contributed by atoms with Crippen molar-refractivity contribution in [2.45, 2.75) is 39.4 Å². The van der Waals surface area contributed by atoms with Gasteiger partial charge < -0.3 is 19.5 Å².